The molecule has 0 radical (unpaired) electrons. The summed E-state index contributed by atoms with van der Waals surface area (Å²) in [7, 11) is 0. The van der Waals surface area contributed by atoms with Gasteiger partial charge in [0.1, 0.15) is 5.75 Å². The fourth-order valence-corrected chi connectivity index (χ4v) is 2.89. The lowest BCUT2D eigenvalue weighted by Crippen LogP contribution is -2.46. The Balaban J connectivity index is 0.00000338. The molecule has 2 rings (SSSR count). The second-order valence-corrected chi connectivity index (χ2v) is 6.53. The van der Waals surface area contributed by atoms with Gasteiger partial charge >= 0.3 is 0 Å². The maximum Gasteiger partial charge on any atom is 0.253 e. The Kier molecular flexibility index (Phi) is 9.44. The van der Waals surface area contributed by atoms with Crippen LogP contribution in [0.15, 0.2) is 24.3 Å². The highest BCUT2D eigenvalue weighted by Gasteiger charge is 2.28. The van der Waals surface area contributed by atoms with E-state index in [0.717, 1.165) is 25.0 Å². The van der Waals surface area contributed by atoms with Crippen molar-refractivity contribution in [3.8, 4) is 5.75 Å². The minimum Gasteiger partial charge on any atom is -0.491 e. The van der Waals surface area contributed by atoms with E-state index in [1.165, 1.54) is 0 Å². The number of rotatable bonds is 7. The zero-order valence-electron chi connectivity index (χ0n) is 15.6. The molecule has 1 aromatic rings. The predicted octanol–water partition coefficient (Wildman–Crippen LogP) is 2.21. The van der Waals surface area contributed by atoms with Gasteiger partial charge < -0.3 is 20.7 Å². The van der Waals surface area contributed by atoms with Crippen LogP contribution in [0.4, 0.5) is 0 Å². The van der Waals surface area contributed by atoms with Crippen molar-refractivity contribution in [1.82, 2.24) is 10.2 Å². The van der Waals surface area contributed by atoms with Crippen molar-refractivity contribution in [2.75, 3.05) is 26.2 Å². The topological polar surface area (TPSA) is 84.7 Å². The predicted molar refractivity (Wildman–Crippen MR) is 105 cm³/mol. The Morgan fingerprint density at radius 2 is 2.04 bits per heavy atom. The van der Waals surface area contributed by atoms with Gasteiger partial charge in [-0.3, -0.25) is 9.59 Å². The van der Waals surface area contributed by atoms with Gasteiger partial charge in [0.15, 0.2) is 0 Å². The molecular weight excluding hydrogens is 354 g/mol. The standard InChI is InChI=1S/C19H29N3O3.ClH/c1-3-14(2)25-17-8-6-15(7-9-17)19(24)22-12-4-5-16(13-22)18(23)21-11-10-20;/h6-9,14,16H,3-5,10-13,20H2,1-2H3,(H,21,23);1H. The second kappa shape index (κ2) is 11.0. The van der Waals surface area contributed by atoms with Crippen molar-refractivity contribution >= 4 is 24.2 Å². The molecule has 1 heterocycles. The Morgan fingerprint density at radius 1 is 1.35 bits per heavy atom. The molecule has 0 aromatic heterocycles. The van der Waals surface area contributed by atoms with Crippen LogP contribution in [0.1, 0.15) is 43.5 Å². The summed E-state index contributed by atoms with van der Waals surface area (Å²) in [6.45, 7) is 6.12. The van der Waals surface area contributed by atoms with E-state index in [9.17, 15) is 9.59 Å². The summed E-state index contributed by atoms with van der Waals surface area (Å²) in [5.74, 6) is 0.563. The number of amides is 2. The molecule has 0 aliphatic carbocycles. The summed E-state index contributed by atoms with van der Waals surface area (Å²) in [5.41, 5.74) is 6.04. The zero-order chi connectivity index (χ0) is 18.2. The van der Waals surface area contributed by atoms with Gasteiger partial charge in [0.25, 0.3) is 5.91 Å². The largest absolute Gasteiger partial charge is 0.491 e. The third-order valence-corrected chi connectivity index (χ3v) is 4.54. The molecule has 1 fully saturated rings. The van der Waals surface area contributed by atoms with Crippen LogP contribution < -0.4 is 15.8 Å². The van der Waals surface area contributed by atoms with Crippen LogP contribution in [0.25, 0.3) is 0 Å². The number of nitrogens with two attached hydrogens (primary N) is 1. The molecule has 0 saturated carbocycles. The first-order chi connectivity index (χ1) is 12.0. The Bertz CT molecular complexity index is 580. The number of ether oxygens (including phenoxy) is 1. The van der Waals surface area contributed by atoms with Crippen molar-refractivity contribution < 1.29 is 14.3 Å². The molecule has 2 amide bonds. The molecule has 6 nitrogen and oxygen atoms in total. The van der Waals surface area contributed by atoms with E-state index in [1.54, 1.807) is 17.0 Å². The molecule has 146 valence electrons. The number of halogens is 1. The first-order valence-electron chi connectivity index (χ1n) is 9.09. The molecule has 7 heteroatoms. The summed E-state index contributed by atoms with van der Waals surface area (Å²) < 4.78 is 5.74. The third-order valence-electron chi connectivity index (χ3n) is 4.54. The van der Waals surface area contributed by atoms with E-state index >= 15 is 0 Å². The molecule has 2 unspecified atom stereocenters. The average Bonchev–Trinajstić information content (AvgIpc) is 2.66. The average molecular weight is 384 g/mol. The number of piperidine rings is 1. The first-order valence-corrected chi connectivity index (χ1v) is 9.09. The number of nitrogens with one attached hydrogen (secondary N) is 1. The number of benzene rings is 1. The van der Waals surface area contributed by atoms with Crippen LogP contribution >= 0.6 is 12.4 Å². The van der Waals surface area contributed by atoms with Crippen LogP contribution in [-0.4, -0.2) is 49.0 Å². The molecule has 1 aliphatic rings. The molecule has 26 heavy (non-hydrogen) atoms. The quantitative estimate of drug-likeness (QED) is 0.756. The maximum absolute atomic E-state index is 12.7. The number of hydrogen-bond acceptors (Lipinski definition) is 4. The lowest BCUT2D eigenvalue weighted by molar-refractivity contribution is -0.126. The van der Waals surface area contributed by atoms with Crippen LogP contribution in [0.3, 0.4) is 0 Å². The van der Waals surface area contributed by atoms with Gasteiger partial charge in [0.05, 0.1) is 12.0 Å². The minimum absolute atomic E-state index is 0. The summed E-state index contributed by atoms with van der Waals surface area (Å²) in [4.78, 5) is 26.6. The Morgan fingerprint density at radius 3 is 2.65 bits per heavy atom. The molecule has 3 N–H and O–H groups in total. The summed E-state index contributed by atoms with van der Waals surface area (Å²) in [5, 5.41) is 2.81. The Hall–Kier alpha value is -1.79. The maximum atomic E-state index is 12.7. The molecule has 2 atom stereocenters. The first kappa shape index (κ1) is 22.3. The van der Waals surface area contributed by atoms with Gasteiger partial charge in [-0.1, -0.05) is 6.92 Å². The number of carbonyl (C=O) groups is 2. The summed E-state index contributed by atoms with van der Waals surface area (Å²) in [6.07, 6.45) is 2.72. The van der Waals surface area contributed by atoms with E-state index in [0.29, 0.717) is 31.7 Å². The highest BCUT2D eigenvalue weighted by molar-refractivity contribution is 5.94. The third kappa shape index (κ3) is 6.18. The fraction of sp³-hybridized carbons (Fsp3) is 0.579. The molecule has 0 bridgehead atoms. The molecule has 1 aliphatic heterocycles. The molecule has 1 saturated heterocycles. The van der Waals surface area contributed by atoms with Gasteiger partial charge in [-0.05, 0) is 50.5 Å². The van der Waals surface area contributed by atoms with E-state index in [-0.39, 0.29) is 36.2 Å². The number of hydrogen-bond donors (Lipinski definition) is 2. The molecular formula is C19H30ClN3O3. The van der Waals surface area contributed by atoms with Crippen molar-refractivity contribution in [2.24, 2.45) is 11.7 Å². The highest BCUT2D eigenvalue weighted by atomic mass is 35.5. The highest BCUT2D eigenvalue weighted by Crippen LogP contribution is 2.21. The van der Waals surface area contributed by atoms with E-state index in [2.05, 4.69) is 12.2 Å². The monoisotopic (exact) mass is 383 g/mol. The van der Waals surface area contributed by atoms with Gasteiger partial charge in [0.2, 0.25) is 5.91 Å². The van der Waals surface area contributed by atoms with Gasteiger partial charge in [-0.15, -0.1) is 12.4 Å². The van der Waals surface area contributed by atoms with E-state index in [1.807, 2.05) is 19.1 Å². The Labute approximate surface area is 161 Å². The normalized spacial score (nSPS) is 17.8. The SMILES string of the molecule is CCC(C)Oc1ccc(C(=O)N2CCCC(C(=O)NCCN)C2)cc1.Cl. The zero-order valence-corrected chi connectivity index (χ0v) is 16.4. The number of carbonyl (C=O) groups excluding carboxylic acids is 2. The van der Waals surface area contributed by atoms with Crippen molar-refractivity contribution in [3.63, 3.8) is 0 Å². The van der Waals surface area contributed by atoms with Crippen molar-refractivity contribution in [2.45, 2.75) is 39.2 Å². The lowest BCUT2D eigenvalue weighted by atomic mass is 9.96. The van der Waals surface area contributed by atoms with E-state index in [4.69, 9.17) is 10.5 Å². The van der Waals surface area contributed by atoms with Crippen LogP contribution in [-0.2, 0) is 4.79 Å². The van der Waals surface area contributed by atoms with Gasteiger partial charge in [-0.2, -0.15) is 0 Å². The molecule has 0 spiro atoms. The summed E-state index contributed by atoms with van der Waals surface area (Å²) in [6, 6.07) is 7.24. The number of likely N-dealkylation sites (tertiary alicyclic amines) is 1. The molecule has 1 aromatic carbocycles. The van der Waals surface area contributed by atoms with Crippen LogP contribution in [0, 0.1) is 5.92 Å². The second-order valence-electron chi connectivity index (χ2n) is 6.53. The van der Waals surface area contributed by atoms with Crippen LogP contribution in [0.5, 0.6) is 5.75 Å². The van der Waals surface area contributed by atoms with Crippen molar-refractivity contribution in [1.29, 1.82) is 0 Å². The van der Waals surface area contributed by atoms with Gasteiger partial charge in [0, 0.05) is 31.7 Å². The number of nitrogens with zero attached hydrogens (tertiary/aromatic N) is 1. The smallest absolute Gasteiger partial charge is 0.253 e. The fourth-order valence-electron chi connectivity index (χ4n) is 2.89. The van der Waals surface area contributed by atoms with E-state index < -0.39 is 0 Å². The minimum atomic E-state index is -0.155. The summed E-state index contributed by atoms with van der Waals surface area (Å²) >= 11 is 0. The van der Waals surface area contributed by atoms with Crippen molar-refractivity contribution in [3.05, 3.63) is 29.8 Å². The van der Waals surface area contributed by atoms with Gasteiger partial charge in [-0.25, -0.2) is 0 Å². The van der Waals surface area contributed by atoms with Crippen LogP contribution in [0.2, 0.25) is 0 Å². The lowest BCUT2D eigenvalue weighted by Gasteiger charge is -2.32.